The molecule has 12 rings (SSSR count). The molecular formula is C54H38N4O. The first-order chi connectivity index (χ1) is 29.1. The highest BCUT2D eigenvalue weighted by Gasteiger charge is 2.40. The summed E-state index contributed by atoms with van der Waals surface area (Å²) >= 11 is 0. The van der Waals surface area contributed by atoms with Gasteiger partial charge in [-0.15, -0.1) is 0 Å². The number of para-hydroxylation sites is 1. The second kappa shape index (κ2) is 13.4. The highest BCUT2D eigenvalue weighted by atomic mass is 16.3. The Hall–Kier alpha value is -7.37. The van der Waals surface area contributed by atoms with E-state index in [1.807, 2.05) is 12.1 Å². The average molecular weight is 759 g/mol. The zero-order valence-electron chi connectivity index (χ0n) is 32.3. The Morgan fingerprint density at radius 1 is 0.593 bits per heavy atom. The summed E-state index contributed by atoms with van der Waals surface area (Å²) in [5.41, 5.74) is 11.2. The molecular weight excluding hydrogens is 721 g/mol. The second-order valence-corrected chi connectivity index (χ2v) is 15.9. The molecule has 2 unspecified atom stereocenters. The molecule has 7 aromatic carbocycles. The zero-order valence-corrected chi connectivity index (χ0v) is 32.3. The van der Waals surface area contributed by atoms with Crippen LogP contribution in [-0.2, 0) is 6.42 Å². The number of aromatic nitrogens is 3. The van der Waals surface area contributed by atoms with Crippen LogP contribution in [0, 0.1) is 0 Å². The van der Waals surface area contributed by atoms with Gasteiger partial charge in [-0.3, -0.25) is 0 Å². The Kier molecular flexibility index (Phi) is 7.64. The van der Waals surface area contributed by atoms with Crippen LogP contribution < -0.4 is 4.90 Å². The van der Waals surface area contributed by atoms with Crippen LogP contribution in [0.5, 0.6) is 0 Å². The van der Waals surface area contributed by atoms with Gasteiger partial charge in [-0.25, -0.2) is 15.0 Å². The molecule has 0 bridgehead atoms. The van der Waals surface area contributed by atoms with E-state index in [0.29, 0.717) is 17.5 Å². The van der Waals surface area contributed by atoms with E-state index in [1.54, 1.807) is 0 Å². The molecule has 2 aliphatic carbocycles. The fourth-order valence-corrected chi connectivity index (χ4v) is 9.65. The molecule has 0 saturated heterocycles. The van der Waals surface area contributed by atoms with Crippen molar-refractivity contribution in [2.75, 3.05) is 4.90 Å². The van der Waals surface area contributed by atoms with Gasteiger partial charge in [0.2, 0.25) is 0 Å². The molecule has 0 saturated carbocycles. The summed E-state index contributed by atoms with van der Waals surface area (Å²) in [4.78, 5) is 18.8. The standard InChI is InChI=1S/C54H38N4O/c1-33-40-20-8-6-15-35(40)16-7-9-21-41(33)53-55-52(39-27-26-34-14-2-3-17-36(34)28-39)56-54(57-53)46-31-45-43-23-11-13-25-50(43)59-51(45)32-49(46)58-47-24-12-10-22-42(47)44-29-37-18-4-5-19-38(37)30-48(44)58/h2-11,13-15,17-23,25-32,42,47H,1,12,16,24H2/b9-7-,41-21+. The van der Waals surface area contributed by atoms with Gasteiger partial charge in [-0.1, -0.05) is 140 Å². The van der Waals surface area contributed by atoms with Crippen LogP contribution in [0.4, 0.5) is 11.4 Å². The van der Waals surface area contributed by atoms with Crippen molar-refractivity contribution in [1.29, 1.82) is 0 Å². The maximum atomic E-state index is 6.64. The van der Waals surface area contributed by atoms with Crippen molar-refractivity contribution in [3.05, 3.63) is 199 Å². The lowest BCUT2D eigenvalue weighted by molar-refractivity contribution is 0.565. The van der Waals surface area contributed by atoms with E-state index in [0.717, 1.165) is 80.1 Å². The first-order valence-corrected chi connectivity index (χ1v) is 20.5. The molecule has 0 radical (unpaired) electrons. The first-order valence-electron chi connectivity index (χ1n) is 20.5. The van der Waals surface area contributed by atoms with Crippen LogP contribution in [-0.4, -0.2) is 21.0 Å². The molecule has 2 aromatic heterocycles. The predicted octanol–water partition coefficient (Wildman–Crippen LogP) is 13.6. The second-order valence-electron chi connectivity index (χ2n) is 15.9. The molecule has 1 aliphatic heterocycles. The first kappa shape index (κ1) is 33.7. The summed E-state index contributed by atoms with van der Waals surface area (Å²) < 4.78 is 6.64. The molecule has 9 aromatic rings. The maximum absolute atomic E-state index is 6.64. The number of benzene rings is 7. The van der Waals surface area contributed by atoms with Crippen LogP contribution in [0.25, 0.3) is 77.4 Å². The Labute approximate surface area is 342 Å². The third-order valence-electron chi connectivity index (χ3n) is 12.5. The molecule has 3 heterocycles. The van der Waals surface area contributed by atoms with Gasteiger partial charge in [0, 0.05) is 51.2 Å². The van der Waals surface area contributed by atoms with Crippen molar-refractivity contribution in [3.63, 3.8) is 0 Å². The number of furan rings is 1. The van der Waals surface area contributed by atoms with Crippen molar-refractivity contribution in [2.24, 2.45) is 0 Å². The summed E-state index contributed by atoms with van der Waals surface area (Å²) in [5.74, 6) is 2.04. The molecule has 5 nitrogen and oxygen atoms in total. The largest absolute Gasteiger partial charge is 0.456 e. The van der Waals surface area contributed by atoms with E-state index in [2.05, 4.69) is 169 Å². The van der Waals surface area contributed by atoms with Crippen LogP contribution in [0.2, 0.25) is 0 Å². The molecule has 0 amide bonds. The number of hydrogen-bond acceptors (Lipinski definition) is 5. The summed E-state index contributed by atoms with van der Waals surface area (Å²) in [5, 5.41) is 6.85. The molecule has 0 spiro atoms. The smallest absolute Gasteiger partial charge is 0.166 e. The van der Waals surface area contributed by atoms with Gasteiger partial charge in [-0.2, -0.15) is 0 Å². The minimum atomic E-state index is 0.211. The average Bonchev–Trinajstić information content (AvgIpc) is 3.81. The molecule has 0 fully saturated rings. The third-order valence-corrected chi connectivity index (χ3v) is 12.5. The maximum Gasteiger partial charge on any atom is 0.166 e. The topological polar surface area (TPSA) is 55.1 Å². The minimum absolute atomic E-state index is 0.211. The number of nitrogens with zero attached hydrogens (tertiary/aromatic N) is 4. The van der Waals surface area contributed by atoms with E-state index in [4.69, 9.17) is 19.4 Å². The molecule has 2 atom stereocenters. The van der Waals surface area contributed by atoms with Crippen molar-refractivity contribution < 1.29 is 4.42 Å². The number of anilines is 2. The minimum Gasteiger partial charge on any atom is -0.456 e. The summed E-state index contributed by atoms with van der Waals surface area (Å²) in [6.45, 7) is 4.67. The van der Waals surface area contributed by atoms with Gasteiger partial charge in [0.1, 0.15) is 11.2 Å². The number of hydrogen-bond donors (Lipinski definition) is 0. The SMILES string of the molecule is C=C1/C(c2nc(-c3ccc4ccccc4c3)nc(-c3cc4c(cc3N3c5cc6ccccc6cc5C5C=CCCC53)oc3ccccc34)n2)=C\C=C/Cc2ccccc21. The lowest BCUT2D eigenvalue weighted by atomic mass is 9.87. The Balaban J connectivity index is 1.15. The Morgan fingerprint density at radius 3 is 2.24 bits per heavy atom. The lowest BCUT2D eigenvalue weighted by Gasteiger charge is -2.32. The van der Waals surface area contributed by atoms with Crippen molar-refractivity contribution in [1.82, 2.24) is 15.0 Å². The number of rotatable bonds is 4. The summed E-state index contributed by atoms with van der Waals surface area (Å²) in [6.07, 6.45) is 14.0. The van der Waals surface area contributed by atoms with E-state index in [-0.39, 0.29) is 12.0 Å². The molecule has 0 N–H and O–H groups in total. The van der Waals surface area contributed by atoms with Gasteiger partial charge in [0.25, 0.3) is 0 Å². The van der Waals surface area contributed by atoms with Crippen molar-refractivity contribution >= 4 is 66.0 Å². The van der Waals surface area contributed by atoms with Crippen LogP contribution >= 0.6 is 0 Å². The normalized spacial score (nSPS) is 18.7. The van der Waals surface area contributed by atoms with E-state index >= 15 is 0 Å². The molecule has 5 heteroatoms. The van der Waals surface area contributed by atoms with Crippen LogP contribution in [0.15, 0.2) is 181 Å². The highest BCUT2D eigenvalue weighted by molar-refractivity contribution is 6.09. The van der Waals surface area contributed by atoms with Crippen molar-refractivity contribution in [3.8, 4) is 22.8 Å². The molecule has 280 valence electrons. The van der Waals surface area contributed by atoms with Crippen LogP contribution in [0.1, 0.15) is 41.3 Å². The van der Waals surface area contributed by atoms with Gasteiger partial charge in [0.15, 0.2) is 17.5 Å². The quantitative estimate of drug-likeness (QED) is 0.167. The Morgan fingerprint density at radius 2 is 1.34 bits per heavy atom. The van der Waals surface area contributed by atoms with E-state index in [9.17, 15) is 0 Å². The van der Waals surface area contributed by atoms with Crippen molar-refractivity contribution in [2.45, 2.75) is 31.2 Å². The van der Waals surface area contributed by atoms with Crippen LogP contribution in [0.3, 0.4) is 0 Å². The third kappa shape index (κ3) is 5.49. The fourth-order valence-electron chi connectivity index (χ4n) is 9.65. The van der Waals surface area contributed by atoms with Gasteiger partial charge < -0.3 is 9.32 Å². The lowest BCUT2D eigenvalue weighted by Crippen LogP contribution is -2.31. The van der Waals surface area contributed by atoms with Gasteiger partial charge >= 0.3 is 0 Å². The fraction of sp³-hybridized carbons (Fsp3) is 0.0926. The number of fused-ring (bicyclic) bond motifs is 9. The molecule has 3 aliphatic rings. The summed E-state index contributed by atoms with van der Waals surface area (Å²) in [7, 11) is 0. The van der Waals surface area contributed by atoms with E-state index < -0.39 is 0 Å². The van der Waals surface area contributed by atoms with Gasteiger partial charge in [-0.05, 0) is 93.4 Å². The highest BCUT2D eigenvalue weighted by Crippen LogP contribution is 2.53. The van der Waals surface area contributed by atoms with Gasteiger partial charge in [0.05, 0.1) is 5.69 Å². The van der Waals surface area contributed by atoms with E-state index in [1.165, 1.54) is 33.0 Å². The summed E-state index contributed by atoms with van der Waals surface area (Å²) in [6, 6.07) is 49.8. The molecule has 59 heavy (non-hydrogen) atoms. The monoisotopic (exact) mass is 758 g/mol. The Bertz CT molecular complexity index is 3310. The number of allylic oxidation sites excluding steroid dienone is 6. The zero-order chi connectivity index (χ0) is 39.0. The predicted molar refractivity (Wildman–Crippen MR) is 243 cm³/mol.